The molecule has 3 aromatic carbocycles. The van der Waals surface area contributed by atoms with E-state index >= 15 is 0 Å². The van der Waals surface area contributed by atoms with Crippen molar-refractivity contribution in [2.75, 3.05) is 19.8 Å². The zero-order chi connectivity index (χ0) is 36.5. The molecule has 2 heterocycles. The van der Waals surface area contributed by atoms with Crippen LogP contribution in [0.3, 0.4) is 0 Å². The molecule has 0 unspecified atom stereocenters. The van der Waals surface area contributed by atoms with Gasteiger partial charge in [0.25, 0.3) is 0 Å². The van der Waals surface area contributed by atoms with Crippen molar-refractivity contribution in [3.8, 4) is 11.1 Å². The number of rotatable bonds is 17. The largest absolute Gasteiger partial charge is 0.457 e. The summed E-state index contributed by atoms with van der Waals surface area (Å²) in [6.45, 7) is 10.2. The summed E-state index contributed by atoms with van der Waals surface area (Å²) in [6.07, 6.45) is -0.0774. The number of nitrogens with zero attached hydrogens (tertiary/aromatic N) is 1. The second-order valence-corrected chi connectivity index (χ2v) is 14.1. The molecule has 5 rings (SSSR count). The number of ether oxygens (including phenoxy) is 3. The number of carbonyl (C=O) groups is 3. The van der Waals surface area contributed by atoms with Gasteiger partial charge < -0.3 is 23.7 Å². The first-order chi connectivity index (χ1) is 24.5. The van der Waals surface area contributed by atoms with Crippen molar-refractivity contribution in [3.05, 3.63) is 119 Å². The summed E-state index contributed by atoms with van der Waals surface area (Å²) in [7, 11) is 0. The normalized spacial score (nSPS) is 16.6. The highest BCUT2D eigenvalue weighted by Crippen LogP contribution is 2.37. The predicted octanol–water partition coefficient (Wildman–Crippen LogP) is 7.61. The molecule has 270 valence electrons. The summed E-state index contributed by atoms with van der Waals surface area (Å²) in [4.78, 5) is 43.1. The van der Waals surface area contributed by atoms with E-state index in [4.69, 9.17) is 18.6 Å². The number of aliphatic hydroxyl groups is 1. The number of benzene rings is 3. The van der Waals surface area contributed by atoms with Crippen molar-refractivity contribution in [2.45, 2.75) is 78.2 Å². The number of Topliss-reactive ketones (excluding diaryl/α,β-unsaturated/α-hetero) is 1. The summed E-state index contributed by atoms with van der Waals surface area (Å²) < 4.78 is 23.7. The molecular formula is C42H49NO8. The lowest BCUT2D eigenvalue weighted by atomic mass is 9.86. The van der Waals surface area contributed by atoms with Gasteiger partial charge in [0.1, 0.15) is 23.4 Å². The number of aryl methyl sites for hydroxylation is 2. The number of furan rings is 1. The smallest absolute Gasteiger partial charge is 0.417 e. The fourth-order valence-corrected chi connectivity index (χ4v) is 6.85. The SMILES string of the molecule is Cc1cccc(-c2cc(C(=O)[C@@H](Cc3ccccc3)C(=O)N3C(=O)OC(C)(C)[C@@H]3C(C)C)oc2CCCOC[C@@H](CO)OCc2ccccc2)c1. The van der Waals surface area contributed by atoms with E-state index in [1.54, 1.807) is 19.9 Å². The summed E-state index contributed by atoms with van der Waals surface area (Å²) in [5.41, 5.74) is 3.58. The molecule has 3 atom stereocenters. The van der Waals surface area contributed by atoms with Crippen molar-refractivity contribution in [3.63, 3.8) is 0 Å². The average Bonchev–Trinajstić information content (AvgIpc) is 3.65. The van der Waals surface area contributed by atoms with Gasteiger partial charge in [0.15, 0.2) is 5.76 Å². The quantitative estimate of drug-likeness (QED) is 0.0682. The molecule has 1 aromatic heterocycles. The molecule has 1 fully saturated rings. The van der Waals surface area contributed by atoms with Crippen LogP contribution < -0.4 is 0 Å². The van der Waals surface area contributed by atoms with Crippen molar-refractivity contribution in [2.24, 2.45) is 11.8 Å². The fourth-order valence-electron chi connectivity index (χ4n) is 6.85. The summed E-state index contributed by atoms with van der Waals surface area (Å²) in [5, 5.41) is 9.80. The number of cyclic esters (lactones) is 1. The fraction of sp³-hybridized carbons (Fsp3) is 0.405. The van der Waals surface area contributed by atoms with Crippen molar-refractivity contribution in [1.82, 2.24) is 4.90 Å². The van der Waals surface area contributed by atoms with Gasteiger partial charge in [-0.05, 0) is 62.3 Å². The number of hydrogen-bond acceptors (Lipinski definition) is 8. The minimum Gasteiger partial charge on any atom is -0.457 e. The van der Waals surface area contributed by atoms with Crippen LogP contribution >= 0.6 is 0 Å². The molecule has 1 aliphatic heterocycles. The van der Waals surface area contributed by atoms with E-state index in [2.05, 4.69) is 0 Å². The van der Waals surface area contributed by atoms with Crippen molar-refractivity contribution < 1.29 is 38.1 Å². The first-order valence-corrected chi connectivity index (χ1v) is 17.7. The van der Waals surface area contributed by atoms with Crippen molar-refractivity contribution in [1.29, 1.82) is 0 Å². The molecule has 4 aromatic rings. The van der Waals surface area contributed by atoms with Crippen LogP contribution in [0.2, 0.25) is 0 Å². The second-order valence-electron chi connectivity index (χ2n) is 14.1. The summed E-state index contributed by atoms with van der Waals surface area (Å²) >= 11 is 0. The minimum atomic E-state index is -1.21. The number of imide groups is 1. The minimum absolute atomic E-state index is 0.0549. The molecule has 2 amide bonds. The zero-order valence-corrected chi connectivity index (χ0v) is 30.2. The highest BCUT2D eigenvalue weighted by molar-refractivity contribution is 6.12. The molecule has 9 heteroatoms. The molecule has 1 aliphatic rings. The molecule has 9 nitrogen and oxygen atoms in total. The van der Waals surface area contributed by atoms with E-state index in [-0.39, 0.29) is 31.3 Å². The maximum atomic E-state index is 14.4. The standard InChI is InChI=1S/C42H49NO8/c1-28(2)39-42(4,5)51-41(47)43(39)40(46)35(23-30-15-8-6-9-16-30)38(45)37-24-34(32-19-12-14-29(3)22-32)36(50-37)20-13-21-48-27-33(25-44)49-26-31-17-10-7-11-18-31/h6-12,14-19,22,24,28,33,35,39,44H,13,20-21,23,25-27H2,1-5H3/t33-,35-,39+/m1/s1. The second kappa shape index (κ2) is 17.1. The Kier molecular flexibility index (Phi) is 12.6. The summed E-state index contributed by atoms with van der Waals surface area (Å²) in [6, 6.07) is 28.1. The Labute approximate surface area is 300 Å². The Morgan fingerprint density at radius 3 is 2.27 bits per heavy atom. The Morgan fingerprint density at radius 1 is 0.941 bits per heavy atom. The first-order valence-electron chi connectivity index (χ1n) is 17.7. The molecule has 0 bridgehead atoms. The Hall–Kier alpha value is -4.57. The number of hydrogen-bond donors (Lipinski definition) is 1. The van der Waals surface area contributed by atoms with Gasteiger partial charge >= 0.3 is 6.09 Å². The van der Waals surface area contributed by atoms with Crippen LogP contribution in [0.5, 0.6) is 0 Å². The first kappa shape index (κ1) is 37.7. The third kappa shape index (κ3) is 9.41. The maximum absolute atomic E-state index is 14.4. The van der Waals surface area contributed by atoms with Gasteiger partial charge in [-0.25, -0.2) is 9.69 Å². The lowest BCUT2D eigenvalue weighted by Gasteiger charge is -2.32. The van der Waals surface area contributed by atoms with E-state index in [0.29, 0.717) is 31.8 Å². The third-order valence-corrected chi connectivity index (χ3v) is 9.21. The maximum Gasteiger partial charge on any atom is 0.417 e. The number of amides is 2. The zero-order valence-electron chi connectivity index (χ0n) is 30.2. The van der Waals surface area contributed by atoms with Crippen LogP contribution in [0.4, 0.5) is 4.79 Å². The predicted molar refractivity (Wildman–Crippen MR) is 194 cm³/mol. The molecule has 1 saturated heterocycles. The van der Waals surface area contributed by atoms with Crippen LogP contribution in [0.1, 0.15) is 67.1 Å². The van der Waals surface area contributed by atoms with Gasteiger partial charge in [0, 0.05) is 18.6 Å². The van der Waals surface area contributed by atoms with Crippen molar-refractivity contribution >= 4 is 17.8 Å². The molecule has 0 spiro atoms. The van der Waals surface area contributed by atoms with Crippen LogP contribution in [0, 0.1) is 18.8 Å². The van der Waals surface area contributed by atoms with Gasteiger partial charge in [0.05, 0.1) is 25.9 Å². The van der Waals surface area contributed by atoms with E-state index in [1.165, 1.54) is 0 Å². The van der Waals surface area contributed by atoms with E-state index in [1.807, 2.05) is 106 Å². The molecule has 0 aliphatic carbocycles. The third-order valence-electron chi connectivity index (χ3n) is 9.21. The van der Waals surface area contributed by atoms with E-state index in [0.717, 1.165) is 32.7 Å². The average molecular weight is 696 g/mol. The van der Waals surface area contributed by atoms with Crippen LogP contribution in [-0.2, 0) is 38.5 Å². The summed E-state index contributed by atoms with van der Waals surface area (Å²) in [5.74, 6) is -1.76. The molecule has 0 radical (unpaired) electrons. The van der Waals surface area contributed by atoms with Gasteiger partial charge in [0.2, 0.25) is 11.7 Å². The topological polar surface area (TPSA) is 116 Å². The Morgan fingerprint density at radius 2 is 1.63 bits per heavy atom. The van der Waals surface area contributed by atoms with E-state index in [9.17, 15) is 19.5 Å². The van der Waals surface area contributed by atoms with Gasteiger partial charge in [-0.1, -0.05) is 104 Å². The van der Waals surface area contributed by atoms with Gasteiger partial charge in [-0.15, -0.1) is 0 Å². The van der Waals surface area contributed by atoms with Gasteiger partial charge in [-0.3, -0.25) is 9.59 Å². The van der Waals surface area contributed by atoms with Gasteiger partial charge in [-0.2, -0.15) is 0 Å². The molecular weight excluding hydrogens is 646 g/mol. The number of aliphatic hydroxyl groups excluding tert-OH is 1. The molecule has 1 N–H and O–H groups in total. The van der Waals surface area contributed by atoms with Crippen LogP contribution in [-0.4, -0.2) is 65.4 Å². The van der Waals surface area contributed by atoms with Crippen LogP contribution in [0.25, 0.3) is 11.1 Å². The van der Waals surface area contributed by atoms with Crippen LogP contribution in [0.15, 0.2) is 95.4 Å². The lowest BCUT2D eigenvalue weighted by Crippen LogP contribution is -2.51. The Bertz CT molecular complexity index is 1760. The Balaban J connectivity index is 1.36. The monoisotopic (exact) mass is 695 g/mol. The number of carbonyl (C=O) groups excluding carboxylic acids is 3. The highest BCUT2D eigenvalue weighted by atomic mass is 16.6. The number of ketones is 1. The van der Waals surface area contributed by atoms with E-state index < -0.39 is 41.4 Å². The lowest BCUT2D eigenvalue weighted by molar-refractivity contribution is -0.133. The highest BCUT2D eigenvalue weighted by Gasteiger charge is 2.54. The molecule has 51 heavy (non-hydrogen) atoms. The molecule has 0 saturated carbocycles.